The van der Waals surface area contributed by atoms with Gasteiger partial charge in [0.15, 0.2) is 17.9 Å². The van der Waals surface area contributed by atoms with Crippen molar-refractivity contribution in [3.63, 3.8) is 0 Å². The van der Waals surface area contributed by atoms with E-state index >= 15 is 0 Å². The Morgan fingerprint density at radius 1 is 1.36 bits per heavy atom. The van der Waals surface area contributed by atoms with Crippen molar-refractivity contribution in [1.29, 1.82) is 0 Å². The third kappa shape index (κ3) is 3.87. The number of hydrogen-bond donors (Lipinski definition) is 1. The Morgan fingerprint density at radius 3 is 2.14 bits per heavy atom. The molecular weight excluding hydrogens is 182 g/mol. The maximum absolute atomic E-state index is 11.1. The molecule has 0 aromatic rings. The number of rotatable bonds is 5. The second kappa shape index (κ2) is 5.75. The first-order valence-electron chi connectivity index (χ1n) is 4.90. The molecule has 0 aliphatic carbocycles. The molecule has 0 aliphatic heterocycles. The fourth-order valence-corrected chi connectivity index (χ4v) is 1.25. The molecule has 3 atom stereocenters. The molecule has 0 amide bonds. The SMILES string of the molecule is CCC(C)C(OC(C)=O)C([NH3+])C(C)=O. The monoisotopic (exact) mass is 202 g/mol. The Kier molecular flexibility index (Phi) is 5.38. The second-order valence-corrected chi connectivity index (χ2v) is 3.68. The first-order valence-corrected chi connectivity index (χ1v) is 4.90. The van der Waals surface area contributed by atoms with Gasteiger partial charge in [-0.05, 0) is 12.3 Å². The molecule has 0 rings (SSSR count). The van der Waals surface area contributed by atoms with Crippen LogP contribution in [0.25, 0.3) is 0 Å². The van der Waals surface area contributed by atoms with Crippen LogP contribution in [-0.4, -0.2) is 23.9 Å². The summed E-state index contributed by atoms with van der Waals surface area (Å²) in [4.78, 5) is 22.0. The zero-order valence-corrected chi connectivity index (χ0v) is 9.37. The van der Waals surface area contributed by atoms with E-state index in [4.69, 9.17) is 4.74 Å². The molecule has 0 saturated carbocycles. The van der Waals surface area contributed by atoms with Gasteiger partial charge in [0, 0.05) is 13.8 Å². The summed E-state index contributed by atoms with van der Waals surface area (Å²) >= 11 is 0. The van der Waals surface area contributed by atoms with Gasteiger partial charge in [0.05, 0.1) is 0 Å². The smallest absolute Gasteiger partial charge is 0.303 e. The Balaban J connectivity index is 4.53. The minimum atomic E-state index is -0.464. The van der Waals surface area contributed by atoms with Crippen LogP contribution in [0.5, 0.6) is 0 Å². The Morgan fingerprint density at radius 2 is 1.86 bits per heavy atom. The van der Waals surface area contributed by atoms with Gasteiger partial charge in [0.1, 0.15) is 0 Å². The normalized spacial score (nSPS) is 16.9. The summed E-state index contributed by atoms with van der Waals surface area (Å²) in [6, 6.07) is -0.464. The molecule has 0 bridgehead atoms. The molecule has 14 heavy (non-hydrogen) atoms. The van der Waals surface area contributed by atoms with Gasteiger partial charge in [-0.2, -0.15) is 0 Å². The van der Waals surface area contributed by atoms with Crippen LogP contribution < -0.4 is 5.73 Å². The van der Waals surface area contributed by atoms with E-state index in [1.54, 1.807) is 0 Å². The van der Waals surface area contributed by atoms with Gasteiger partial charge in [-0.3, -0.25) is 9.59 Å². The second-order valence-electron chi connectivity index (χ2n) is 3.68. The van der Waals surface area contributed by atoms with Gasteiger partial charge < -0.3 is 10.5 Å². The Hall–Kier alpha value is -0.900. The van der Waals surface area contributed by atoms with E-state index in [2.05, 4.69) is 5.73 Å². The lowest BCUT2D eigenvalue weighted by Crippen LogP contribution is -2.71. The summed E-state index contributed by atoms with van der Waals surface area (Å²) < 4.78 is 5.10. The third-order valence-corrected chi connectivity index (χ3v) is 2.43. The van der Waals surface area contributed by atoms with E-state index in [-0.39, 0.29) is 17.7 Å². The number of hydrogen-bond acceptors (Lipinski definition) is 3. The third-order valence-electron chi connectivity index (χ3n) is 2.43. The summed E-state index contributed by atoms with van der Waals surface area (Å²) in [5, 5.41) is 0. The maximum Gasteiger partial charge on any atom is 0.303 e. The highest BCUT2D eigenvalue weighted by Crippen LogP contribution is 2.14. The molecule has 0 heterocycles. The van der Waals surface area contributed by atoms with E-state index in [0.717, 1.165) is 6.42 Å². The quantitative estimate of drug-likeness (QED) is 0.646. The lowest BCUT2D eigenvalue weighted by Gasteiger charge is -2.24. The van der Waals surface area contributed by atoms with Crippen LogP contribution in [0.4, 0.5) is 0 Å². The van der Waals surface area contributed by atoms with E-state index in [1.807, 2.05) is 13.8 Å². The Bertz CT molecular complexity index is 215. The maximum atomic E-state index is 11.1. The van der Waals surface area contributed by atoms with Gasteiger partial charge in [-0.1, -0.05) is 13.8 Å². The number of ketones is 1. The highest BCUT2D eigenvalue weighted by molar-refractivity contribution is 5.81. The first-order chi connectivity index (χ1) is 6.40. The summed E-state index contributed by atoms with van der Waals surface area (Å²) in [6.07, 6.45) is 0.465. The van der Waals surface area contributed by atoms with Gasteiger partial charge in [-0.25, -0.2) is 0 Å². The topological polar surface area (TPSA) is 71.0 Å². The minimum Gasteiger partial charge on any atom is -0.455 e. The van der Waals surface area contributed by atoms with E-state index < -0.39 is 12.1 Å². The van der Waals surface area contributed by atoms with Crippen LogP contribution in [0.2, 0.25) is 0 Å². The molecule has 0 aliphatic rings. The van der Waals surface area contributed by atoms with Crippen LogP contribution in [0, 0.1) is 5.92 Å². The number of esters is 1. The van der Waals surface area contributed by atoms with Gasteiger partial charge in [-0.15, -0.1) is 0 Å². The zero-order chi connectivity index (χ0) is 11.3. The molecule has 0 saturated heterocycles. The fourth-order valence-electron chi connectivity index (χ4n) is 1.25. The molecule has 4 nitrogen and oxygen atoms in total. The predicted molar refractivity (Wildman–Crippen MR) is 52.4 cm³/mol. The standard InChI is InChI=1S/C10H19NO3/c1-5-6(2)10(14-8(4)13)9(11)7(3)12/h6,9-10H,5,11H2,1-4H3/p+1. The average molecular weight is 202 g/mol. The van der Waals surface area contributed by atoms with Crippen LogP contribution in [0.15, 0.2) is 0 Å². The van der Waals surface area contributed by atoms with E-state index in [1.165, 1.54) is 13.8 Å². The van der Waals surface area contributed by atoms with Crippen molar-refractivity contribution in [1.82, 2.24) is 0 Å². The summed E-state index contributed by atoms with van der Waals surface area (Å²) in [6.45, 7) is 6.77. The van der Waals surface area contributed by atoms with Crippen molar-refractivity contribution in [3.8, 4) is 0 Å². The molecule has 3 N–H and O–H groups in total. The molecule has 0 spiro atoms. The molecule has 0 radical (unpaired) electrons. The van der Waals surface area contributed by atoms with Crippen molar-refractivity contribution in [2.45, 2.75) is 46.3 Å². The predicted octanol–water partition coefficient (Wildman–Crippen LogP) is 0.164. The number of quaternary nitrogens is 1. The number of carbonyl (C=O) groups is 2. The largest absolute Gasteiger partial charge is 0.455 e. The molecule has 4 heteroatoms. The van der Waals surface area contributed by atoms with Gasteiger partial charge in [0.25, 0.3) is 0 Å². The lowest BCUT2D eigenvalue weighted by atomic mass is 9.94. The van der Waals surface area contributed by atoms with Gasteiger partial charge in [0.2, 0.25) is 0 Å². The molecule has 0 aromatic heterocycles. The Labute approximate surface area is 84.8 Å². The number of Topliss-reactive ketones (excluding diaryl/α,β-unsaturated/α-hetero) is 1. The number of ether oxygens (including phenoxy) is 1. The summed E-state index contributed by atoms with van der Waals surface area (Å²) in [5.41, 5.74) is 3.73. The zero-order valence-electron chi connectivity index (χ0n) is 9.37. The van der Waals surface area contributed by atoms with E-state index in [0.29, 0.717) is 0 Å². The number of carbonyl (C=O) groups excluding carboxylic acids is 2. The molecule has 0 aromatic carbocycles. The first kappa shape index (κ1) is 13.1. The molecule has 82 valence electrons. The van der Waals surface area contributed by atoms with Crippen LogP contribution >= 0.6 is 0 Å². The summed E-state index contributed by atoms with van der Waals surface area (Å²) in [5.74, 6) is -0.243. The fraction of sp³-hybridized carbons (Fsp3) is 0.800. The van der Waals surface area contributed by atoms with E-state index in [9.17, 15) is 9.59 Å². The van der Waals surface area contributed by atoms with Crippen molar-refractivity contribution >= 4 is 11.8 Å². The highest BCUT2D eigenvalue weighted by atomic mass is 16.5. The summed E-state index contributed by atoms with van der Waals surface area (Å²) in [7, 11) is 0. The van der Waals surface area contributed by atoms with Crippen molar-refractivity contribution in [2.24, 2.45) is 5.92 Å². The lowest BCUT2D eigenvalue weighted by molar-refractivity contribution is -0.422. The van der Waals surface area contributed by atoms with Crippen molar-refractivity contribution < 1.29 is 20.1 Å². The molecule has 3 unspecified atom stereocenters. The average Bonchev–Trinajstić information content (AvgIpc) is 2.11. The van der Waals surface area contributed by atoms with Gasteiger partial charge >= 0.3 is 5.97 Å². The minimum absolute atomic E-state index is 0.0449. The highest BCUT2D eigenvalue weighted by Gasteiger charge is 2.32. The molecular formula is C10H20NO3+. The van der Waals surface area contributed by atoms with Crippen LogP contribution in [0.1, 0.15) is 34.1 Å². The molecule has 0 fully saturated rings. The van der Waals surface area contributed by atoms with Crippen molar-refractivity contribution in [3.05, 3.63) is 0 Å². The van der Waals surface area contributed by atoms with Crippen LogP contribution in [-0.2, 0) is 14.3 Å². The van der Waals surface area contributed by atoms with Crippen molar-refractivity contribution in [2.75, 3.05) is 0 Å². The van der Waals surface area contributed by atoms with Crippen LogP contribution in [0.3, 0.4) is 0 Å².